The van der Waals surface area contributed by atoms with Gasteiger partial charge in [-0.2, -0.15) is 0 Å². The van der Waals surface area contributed by atoms with Crippen LogP contribution in [0.25, 0.3) is 11.0 Å². The number of aromatic nitrogens is 2. The maximum absolute atomic E-state index is 14.4. The predicted octanol–water partition coefficient (Wildman–Crippen LogP) is 4.35. The summed E-state index contributed by atoms with van der Waals surface area (Å²) in [5.41, 5.74) is 1.22. The Labute approximate surface area is 238 Å². The van der Waals surface area contributed by atoms with Crippen molar-refractivity contribution in [2.45, 2.75) is 78.6 Å². The summed E-state index contributed by atoms with van der Waals surface area (Å²) in [5.74, 6) is -0.135. The number of unbranched alkanes of at least 4 members (excludes halogenated alkanes) is 1. The van der Waals surface area contributed by atoms with Gasteiger partial charge < -0.3 is 34.1 Å². The Morgan fingerprint density at radius 3 is 2.45 bits per heavy atom. The van der Waals surface area contributed by atoms with Crippen molar-refractivity contribution in [3.63, 3.8) is 0 Å². The average molecular weight is 561 g/mol. The molecule has 224 valence electrons. The lowest BCUT2D eigenvalue weighted by Crippen LogP contribution is -2.64. The van der Waals surface area contributed by atoms with Crippen molar-refractivity contribution in [2.24, 2.45) is 17.3 Å². The molecule has 3 rings (SSSR count). The average Bonchev–Trinajstić information content (AvgIpc) is 3.26. The van der Waals surface area contributed by atoms with Crippen molar-refractivity contribution in [1.29, 1.82) is 0 Å². The molecule has 0 saturated carbocycles. The van der Waals surface area contributed by atoms with E-state index in [1.54, 1.807) is 12.0 Å². The Bertz CT molecular complexity index is 1130. The zero-order valence-corrected chi connectivity index (χ0v) is 25.2. The van der Waals surface area contributed by atoms with Crippen LogP contribution < -0.4 is 0 Å². The molecule has 1 aromatic heterocycles. The third-order valence-electron chi connectivity index (χ3n) is 7.75. The van der Waals surface area contributed by atoms with Crippen LogP contribution in [0.1, 0.15) is 64.5 Å². The molecular formula is C30H48N4O6. The fraction of sp³-hybridized carbons (Fsp3) is 0.700. The van der Waals surface area contributed by atoms with E-state index >= 15 is 0 Å². The smallest absolute Gasteiger partial charge is 0.407 e. The van der Waals surface area contributed by atoms with Gasteiger partial charge in [0, 0.05) is 52.4 Å². The molecule has 10 nitrogen and oxygen atoms in total. The molecule has 1 saturated heterocycles. The Hall–Kier alpha value is -2.69. The SMILES string of the molecule is COCCCCn1c(C(=O)N(CC(C)C)[C@H]2C[C@@H](C(O)COC)C(C(C)(C)C)N(C(=O)O)C2)nc2ccccc21. The molecule has 10 heteroatoms. The number of imidazole rings is 1. The molecule has 0 radical (unpaired) electrons. The summed E-state index contributed by atoms with van der Waals surface area (Å²) < 4.78 is 12.5. The first-order chi connectivity index (χ1) is 18.9. The number of ether oxygens (including phenoxy) is 2. The number of rotatable bonds is 12. The Morgan fingerprint density at radius 1 is 1.15 bits per heavy atom. The van der Waals surface area contributed by atoms with Crippen LogP contribution in [0.3, 0.4) is 0 Å². The van der Waals surface area contributed by atoms with E-state index in [-0.39, 0.29) is 25.0 Å². The number of aliphatic hydroxyl groups excluding tert-OH is 1. The van der Waals surface area contributed by atoms with E-state index in [2.05, 4.69) is 0 Å². The topological polar surface area (TPSA) is 117 Å². The molecule has 2 amide bonds. The summed E-state index contributed by atoms with van der Waals surface area (Å²) in [4.78, 5) is 35.0. The minimum absolute atomic E-state index is 0.0901. The lowest BCUT2D eigenvalue weighted by atomic mass is 9.71. The lowest BCUT2D eigenvalue weighted by molar-refractivity contribution is -0.0748. The highest BCUT2D eigenvalue weighted by Gasteiger charge is 2.49. The normalized spacial score (nSPS) is 20.7. The van der Waals surface area contributed by atoms with Crippen molar-refractivity contribution in [3.8, 4) is 0 Å². The van der Waals surface area contributed by atoms with E-state index in [0.29, 0.717) is 31.9 Å². The first kappa shape index (κ1) is 31.8. The van der Waals surface area contributed by atoms with Crippen LogP contribution in [-0.4, -0.2) is 100 Å². The summed E-state index contributed by atoms with van der Waals surface area (Å²) in [6.45, 7) is 12.0. The molecule has 2 N–H and O–H groups in total. The number of hydrogen-bond donors (Lipinski definition) is 2. The molecule has 0 bridgehead atoms. The number of aryl methyl sites for hydroxylation is 1. The maximum Gasteiger partial charge on any atom is 0.407 e. The molecule has 2 aromatic rings. The van der Waals surface area contributed by atoms with Crippen molar-refractivity contribution in [1.82, 2.24) is 19.4 Å². The Kier molecular flexibility index (Phi) is 11.0. The Balaban J connectivity index is 2.05. The number of carbonyl (C=O) groups excluding carboxylic acids is 1. The van der Waals surface area contributed by atoms with Crippen molar-refractivity contribution in [2.75, 3.05) is 40.5 Å². The molecule has 4 atom stereocenters. The zero-order chi connectivity index (χ0) is 29.6. The Morgan fingerprint density at radius 2 is 1.85 bits per heavy atom. The monoisotopic (exact) mass is 560 g/mol. The highest BCUT2D eigenvalue weighted by Crippen LogP contribution is 2.39. The lowest BCUT2D eigenvalue weighted by Gasteiger charge is -2.52. The number of benzene rings is 1. The van der Waals surface area contributed by atoms with Gasteiger partial charge in [-0.25, -0.2) is 9.78 Å². The fourth-order valence-electron chi connectivity index (χ4n) is 6.18. The summed E-state index contributed by atoms with van der Waals surface area (Å²) in [6, 6.07) is 6.86. The number of fused-ring (bicyclic) bond motifs is 1. The summed E-state index contributed by atoms with van der Waals surface area (Å²) in [7, 11) is 3.20. The fourth-order valence-corrected chi connectivity index (χ4v) is 6.18. The van der Waals surface area contributed by atoms with Gasteiger partial charge in [0.25, 0.3) is 5.91 Å². The van der Waals surface area contributed by atoms with Gasteiger partial charge in [-0.3, -0.25) is 4.79 Å². The van der Waals surface area contributed by atoms with Crippen molar-refractivity contribution in [3.05, 3.63) is 30.1 Å². The number of methoxy groups -OCH3 is 2. The number of aliphatic hydroxyl groups is 1. The number of carboxylic acid groups (broad SMARTS) is 1. The molecule has 0 aliphatic carbocycles. The van der Waals surface area contributed by atoms with Gasteiger partial charge in [0.2, 0.25) is 0 Å². The second-order valence-electron chi connectivity index (χ2n) is 12.4. The molecule has 1 aromatic carbocycles. The van der Waals surface area contributed by atoms with Crippen LogP contribution in [0.5, 0.6) is 0 Å². The summed E-state index contributed by atoms with van der Waals surface area (Å²) in [6.07, 6.45) is 0.216. The number of piperidine rings is 1. The number of hydrogen-bond acceptors (Lipinski definition) is 6. The highest BCUT2D eigenvalue weighted by atomic mass is 16.5. The molecule has 0 spiro atoms. The highest BCUT2D eigenvalue weighted by molar-refractivity contribution is 5.95. The van der Waals surface area contributed by atoms with E-state index in [9.17, 15) is 19.8 Å². The largest absolute Gasteiger partial charge is 0.465 e. The third-order valence-corrected chi connectivity index (χ3v) is 7.75. The van der Waals surface area contributed by atoms with Gasteiger partial charge in [-0.15, -0.1) is 0 Å². The zero-order valence-electron chi connectivity index (χ0n) is 25.2. The van der Waals surface area contributed by atoms with Crippen LogP contribution >= 0.6 is 0 Å². The first-order valence-corrected chi connectivity index (χ1v) is 14.3. The standard InChI is InChI=1S/C30H48N4O6/c1-20(2)17-33(21-16-22(25(35)19-40-7)26(30(3,4)5)34(18-21)29(37)38)28(36)27-31-23-12-8-9-13-24(23)32(27)14-10-11-15-39-6/h8-9,12-13,20-22,25-26,35H,10-11,14-19H2,1-7H3,(H,37,38)/t21-,22-,25?,26?/m0/s1. The van der Waals surface area contributed by atoms with Crippen molar-refractivity contribution < 1.29 is 29.3 Å². The number of amides is 2. The van der Waals surface area contributed by atoms with E-state index < -0.39 is 35.6 Å². The molecule has 40 heavy (non-hydrogen) atoms. The van der Waals surface area contributed by atoms with Gasteiger partial charge in [0.1, 0.15) is 0 Å². The number of para-hydroxylation sites is 2. The van der Waals surface area contributed by atoms with E-state index in [1.165, 1.54) is 12.0 Å². The summed E-state index contributed by atoms with van der Waals surface area (Å²) >= 11 is 0. The number of likely N-dealkylation sites (tertiary alicyclic amines) is 1. The van der Waals surface area contributed by atoms with E-state index in [1.807, 2.05) is 63.5 Å². The van der Waals surface area contributed by atoms with E-state index in [4.69, 9.17) is 14.5 Å². The molecule has 1 fully saturated rings. The van der Waals surface area contributed by atoms with Crippen LogP contribution in [0.4, 0.5) is 4.79 Å². The van der Waals surface area contributed by atoms with Gasteiger partial charge in [0.15, 0.2) is 5.82 Å². The summed E-state index contributed by atoms with van der Waals surface area (Å²) in [5, 5.41) is 21.5. The van der Waals surface area contributed by atoms with E-state index in [0.717, 1.165) is 23.9 Å². The van der Waals surface area contributed by atoms with Crippen LogP contribution in [0.15, 0.2) is 24.3 Å². The molecule has 1 aliphatic heterocycles. The van der Waals surface area contributed by atoms with Crippen molar-refractivity contribution >= 4 is 23.0 Å². The molecular weight excluding hydrogens is 512 g/mol. The van der Waals surface area contributed by atoms with Gasteiger partial charge in [0.05, 0.1) is 29.8 Å². The van der Waals surface area contributed by atoms with Gasteiger partial charge in [-0.1, -0.05) is 46.8 Å². The predicted molar refractivity (Wildman–Crippen MR) is 154 cm³/mol. The number of carbonyl (C=O) groups is 2. The molecule has 2 heterocycles. The van der Waals surface area contributed by atoms with Crippen LogP contribution in [0.2, 0.25) is 0 Å². The number of nitrogens with zero attached hydrogens (tertiary/aromatic N) is 4. The quantitative estimate of drug-likeness (QED) is 0.371. The van der Waals surface area contributed by atoms with Gasteiger partial charge in [-0.05, 0) is 42.7 Å². The second-order valence-corrected chi connectivity index (χ2v) is 12.4. The third kappa shape index (κ3) is 7.33. The minimum Gasteiger partial charge on any atom is -0.465 e. The first-order valence-electron chi connectivity index (χ1n) is 14.3. The maximum atomic E-state index is 14.4. The van der Waals surface area contributed by atoms with Crippen LogP contribution in [-0.2, 0) is 16.0 Å². The second kappa shape index (κ2) is 13.8. The minimum atomic E-state index is -1.05. The van der Waals surface area contributed by atoms with Gasteiger partial charge >= 0.3 is 6.09 Å². The molecule has 2 unspecified atom stereocenters. The molecule has 1 aliphatic rings. The van der Waals surface area contributed by atoms with Crippen LogP contribution in [0, 0.1) is 17.3 Å².